The zero-order valence-corrected chi connectivity index (χ0v) is 4.96. The molecule has 0 radical (unpaired) electrons. The molecule has 1 saturated heterocycles. The number of nitrogens with one attached hydrogen (secondary N) is 1. The second-order valence-corrected chi connectivity index (χ2v) is 1.72. The largest absolute Gasteiger partial charge is 0.329 e. The van der Waals surface area contributed by atoms with Crippen LogP contribution in [0.4, 0.5) is 0 Å². The number of hydrogen-bond acceptors (Lipinski definition) is 4. The average molecular weight is 128 g/mol. The molecule has 0 spiro atoms. The summed E-state index contributed by atoms with van der Waals surface area (Å²) in [5.74, 6) is 0. The summed E-state index contributed by atoms with van der Waals surface area (Å²) in [5, 5.41) is 1.27. The number of hydrogen-bond donors (Lipinski definition) is 1. The van der Waals surface area contributed by atoms with Gasteiger partial charge in [0, 0.05) is 13.0 Å². The number of hydroxylamine groups is 1. The maximum Gasteiger partial charge on any atom is 0.322 e. The van der Waals surface area contributed by atoms with Crippen LogP contribution in [0.15, 0.2) is 12.3 Å². The van der Waals surface area contributed by atoms with Crippen molar-refractivity contribution in [2.24, 2.45) is 0 Å². The first-order chi connectivity index (χ1) is 4.34. The van der Waals surface area contributed by atoms with Crippen LogP contribution in [0.2, 0.25) is 0 Å². The normalized spacial score (nSPS) is 18.2. The van der Waals surface area contributed by atoms with Crippen LogP contribution in [0.25, 0.3) is 0 Å². The summed E-state index contributed by atoms with van der Waals surface area (Å²) in [7, 11) is 0. The Kier molecular flexibility index (Phi) is 1.69. The van der Waals surface area contributed by atoms with Crippen molar-refractivity contribution in [3.8, 4) is 0 Å². The maximum atomic E-state index is 9.76. The van der Waals surface area contributed by atoms with E-state index >= 15 is 0 Å². The van der Waals surface area contributed by atoms with Gasteiger partial charge in [0.2, 0.25) is 0 Å². The van der Waals surface area contributed by atoms with Crippen LogP contribution in [-0.4, -0.2) is 18.2 Å². The lowest BCUT2D eigenvalue weighted by Gasteiger charge is -2.12. The van der Waals surface area contributed by atoms with Crippen molar-refractivity contribution in [3.63, 3.8) is 0 Å². The molecule has 4 heteroatoms. The maximum absolute atomic E-state index is 9.76. The molecule has 0 saturated carbocycles. The Labute approximate surface area is 53.0 Å². The van der Waals surface area contributed by atoms with Gasteiger partial charge in [-0.1, -0.05) is 6.58 Å². The van der Waals surface area contributed by atoms with Crippen molar-refractivity contribution in [1.29, 1.82) is 0 Å². The molecule has 0 aromatic rings. The van der Waals surface area contributed by atoms with Crippen LogP contribution in [0.3, 0.4) is 0 Å². The van der Waals surface area contributed by atoms with Gasteiger partial charge in [-0.2, -0.15) is 5.43 Å². The second kappa shape index (κ2) is 2.50. The molecule has 0 unspecified atom stereocenters. The minimum absolute atomic E-state index is 0.365. The van der Waals surface area contributed by atoms with E-state index in [0.29, 0.717) is 6.47 Å². The summed E-state index contributed by atoms with van der Waals surface area (Å²) in [5.41, 5.74) is 3.57. The molecule has 0 bridgehead atoms. The number of nitrogens with zero attached hydrogens (tertiary/aromatic N) is 1. The van der Waals surface area contributed by atoms with Gasteiger partial charge in [0.1, 0.15) is 0 Å². The van der Waals surface area contributed by atoms with Gasteiger partial charge >= 0.3 is 6.47 Å². The van der Waals surface area contributed by atoms with Gasteiger partial charge in [-0.05, 0) is 0 Å². The molecular formula is C5H8N2O2. The highest BCUT2D eigenvalue weighted by atomic mass is 16.7. The summed E-state index contributed by atoms with van der Waals surface area (Å²) < 4.78 is 0. The van der Waals surface area contributed by atoms with Gasteiger partial charge in [0.15, 0.2) is 0 Å². The molecule has 0 amide bonds. The third-order valence-electron chi connectivity index (χ3n) is 1.10. The average Bonchev–Trinajstić information content (AvgIpc) is 2.18. The first-order valence-electron chi connectivity index (χ1n) is 2.66. The molecule has 0 aromatic carbocycles. The number of carbonyl (C=O) groups excluding carboxylic acids is 1. The van der Waals surface area contributed by atoms with Crippen molar-refractivity contribution in [2.75, 3.05) is 6.54 Å². The van der Waals surface area contributed by atoms with E-state index in [4.69, 9.17) is 0 Å². The molecule has 1 fully saturated rings. The van der Waals surface area contributed by atoms with Crippen LogP contribution in [0.1, 0.15) is 6.42 Å². The number of hydrazine groups is 1. The van der Waals surface area contributed by atoms with Crippen LogP contribution in [0, 0.1) is 0 Å². The Balaban J connectivity index is 2.39. The van der Waals surface area contributed by atoms with Gasteiger partial charge in [0.25, 0.3) is 0 Å². The van der Waals surface area contributed by atoms with E-state index in [2.05, 4.69) is 16.8 Å². The van der Waals surface area contributed by atoms with E-state index in [9.17, 15) is 4.79 Å². The van der Waals surface area contributed by atoms with Gasteiger partial charge in [-0.3, -0.25) is 4.79 Å². The van der Waals surface area contributed by atoms with Crippen LogP contribution in [-0.2, 0) is 9.63 Å². The minimum atomic E-state index is 0.365. The highest BCUT2D eigenvalue weighted by Gasteiger charge is 2.14. The first kappa shape index (κ1) is 6.10. The molecule has 9 heavy (non-hydrogen) atoms. The SMILES string of the molecule is C=C1CCNN1OC=O. The third-order valence-corrected chi connectivity index (χ3v) is 1.10. The third kappa shape index (κ3) is 1.20. The van der Waals surface area contributed by atoms with Crippen molar-refractivity contribution < 1.29 is 9.63 Å². The summed E-state index contributed by atoms with van der Waals surface area (Å²) in [4.78, 5) is 14.2. The fraction of sp³-hybridized carbons (Fsp3) is 0.400. The Bertz CT molecular complexity index is 135. The van der Waals surface area contributed by atoms with Gasteiger partial charge in [-0.25, -0.2) is 0 Å². The summed E-state index contributed by atoms with van der Waals surface area (Å²) in [6.45, 7) is 4.78. The molecule has 0 aliphatic carbocycles. The molecule has 1 aliphatic heterocycles. The van der Waals surface area contributed by atoms with Crippen molar-refractivity contribution in [3.05, 3.63) is 12.3 Å². The molecule has 4 nitrogen and oxygen atoms in total. The molecule has 0 atom stereocenters. The van der Waals surface area contributed by atoms with E-state index < -0.39 is 0 Å². The second-order valence-electron chi connectivity index (χ2n) is 1.72. The predicted octanol–water partition coefficient (Wildman–Crippen LogP) is -0.202. The zero-order chi connectivity index (χ0) is 6.69. The summed E-state index contributed by atoms with van der Waals surface area (Å²) in [6.07, 6.45) is 0.827. The molecule has 1 heterocycles. The molecule has 1 aliphatic rings. The van der Waals surface area contributed by atoms with Crippen molar-refractivity contribution in [1.82, 2.24) is 10.6 Å². The van der Waals surface area contributed by atoms with E-state index in [1.807, 2.05) is 0 Å². The van der Waals surface area contributed by atoms with Crippen LogP contribution < -0.4 is 5.43 Å². The fourth-order valence-electron chi connectivity index (χ4n) is 0.670. The van der Waals surface area contributed by atoms with E-state index in [1.54, 1.807) is 0 Å². The first-order valence-corrected chi connectivity index (χ1v) is 2.66. The number of carbonyl (C=O) groups is 1. The minimum Gasteiger partial charge on any atom is -0.329 e. The molecular weight excluding hydrogens is 120 g/mol. The topological polar surface area (TPSA) is 41.6 Å². The van der Waals surface area contributed by atoms with Gasteiger partial charge in [-0.15, -0.1) is 5.17 Å². The van der Waals surface area contributed by atoms with Gasteiger partial charge in [0.05, 0.1) is 5.70 Å². The van der Waals surface area contributed by atoms with Crippen molar-refractivity contribution in [2.45, 2.75) is 6.42 Å². The number of rotatable bonds is 2. The van der Waals surface area contributed by atoms with Crippen LogP contribution >= 0.6 is 0 Å². The lowest BCUT2D eigenvalue weighted by atomic mass is 10.4. The van der Waals surface area contributed by atoms with E-state index in [0.717, 1.165) is 18.7 Å². The molecule has 50 valence electrons. The lowest BCUT2D eigenvalue weighted by Crippen LogP contribution is -2.28. The quantitative estimate of drug-likeness (QED) is 0.523. The molecule has 1 N–H and O–H groups in total. The molecule has 0 aromatic heterocycles. The van der Waals surface area contributed by atoms with Crippen LogP contribution in [0.5, 0.6) is 0 Å². The molecule has 1 rings (SSSR count). The fourth-order valence-corrected chi connectivity index (χ4v) is 0.670. The van der Waals surface area contributed by atoms with Gasteiger partial charge < -0.3 is 4.84 Å². The summed E-state index contributed by atoms with van der Waals surface area (Å²) >= 11 is 0. The smallest absolute Gasteiger partial charge is 0.322 e. The Morgan fingerprint density at radius 1 is 1.89 bits per heavy atom. The monoisotopic (exact) mass is 128 g/mol. The standard InChI is InChI=1S/C5H8N2O2/c1-5-2-3-6-7(5)9-4-8/h4,6H,1-3H2. The van der Waals surface area contributed by atoms with E-state index in [1.165, 1.54) is 5.17 Å². The Morgan fingerprint density at radius 2 is 2.67 bits per heavy atom. The predicted molar refractivity (Wildman–Crippen MR) is 30.7 cm³/mol. The Morgan fingerprint density at radius 3 is 3.11 bits per heavy atom. The lowest BCUT2D eigenvalue weighted by molar-refractivity contribution is -0.171. The highest BCUT2D eigenvalue weighted by Crippen LogP contribution is 2.08. The highest BCUT2D eigenvalue weighted by molar-refractivity contribution is 5.36. The van der Waals surface area contributed by atoms with E-state index in [-0.39, 0.29) is 0 Å². The Hall–Kier alpha value is -1.03. The zero-order valence-electron chi connectivity index (χ0n) is 4.96. The van der Waals surface area contributed by atoms with Crippen molar-refractivity contribution >= 4 is 6.47 Å². The summed E-state index contributed by atoms with van der Waals surface area (Å²) in [6, 6.07) is 0.